The Hall–Kier alpha value is -0.0500. The first-order valence-corrected chi connectivity index (χ1v) is 7.86. The van der Waals surface area contributed by atoms with Gasteiger partial charge < -0.3 is 5.32 Å². The Morgan fingerprint density at radius 2 is 2.06 bits per heavy atom. The summed E-state index contributed by atoms with van der Waals surface area (Å²) >= 11 is 7.76. The van der Waals surface area contributed by atoms with Crippen LogP contribution in [-0.4, -0.2) is 7.05 Å². The van der Waals surface area contributed by atoms with Crippen LogP contribution in [0.4, 0.5) is 0 Å². The van der Waals surface area contributed by atoms with Crippen molar-refractivity contribution >= 4 is 22.9 Å². The van der Waals surface area contributed by atoms with Crippen molar-refractivity contribution in [3.05, 3.63) is 21.3 Å². The van der Waals surface area contributed by atoms with Crippen LogP contribution in [0, 0.1) is 11.8 Å². The molecule has 2 rings (SSSR count). The Bertz CT molecular complexity index is 342. The molecule has 0 aliphatic heterocycles. The summed E-state index contributed by atoms with van der Waals surface area (Å²) in [5.41, 5.74) is 0. The van der Waals surface area contributed by atoms with Crippen LogP contribution < -0.4 is 5.32 Å². The van der Waals surface area contributed by atoms with E-state index in [4.69, 9.17) is 11.6 Å². The highest BCUT2D eigenvalue weighted by Crippen LogP contribution is 2.40. The molecule has 17 heavy (non-hydrogen) atoms. The second-order valence-corrected chi connectivity index (χ2v) is 6.84. The first kappa shape index (κ1) is 13.4. The lowest BCUT2D eigenvalue weighted by atomic mass is 9.77. The van der Waals surface area contributed by atoms with Crippen molar-refractivity contribution in [2.75, 3.05) is 7.05 Å². The summed E-state index contributed by atoms with van der Waals surface area (Å²) < 4.78 is 0.905. The fourth-order valence-electron chi connectivity index (χ4n) is 3.04. The molecule has 0 amide bonds. The standard InChI is InChI=1S/C14H22ClNS/c1-3-10-4-6-11(7-5-10)14(16-2)12-8-9-13(15)17-12/h8-11,14,16H,3-7H2,1-2H3. The molecule has 1 nitrogen and oxygen atoms in total. The van der Waals surface area contributed by atoms with E-state index in [1.165, 1.54) is 37.0 Å². The summed E-state index contributed by atoms with van der Waals surface area (Å²) in [4.78, 5) is 1.40. The van der Waals surface area contributed by atoms with Gasteiger partial charge in [-0.05, 0) is 43.9 Å². The smallest absolute Gasteiger partial charge is 0.0931 e. The van der Waals surface area contributed by atoms with Gasteiger partial charge in [-0.15, -0.1) is 11.3 Å². The van der Waals surface area contributed by atoms with Gasteiger partial charge in [-0.2, -0.15) is 0 Å². The van der Waals surface area contributed by atoms with Crippen LogP contribution in [-0.2, 0) is 0 Å². The lowest BCUT2D eigenvalue weighted by molar-refractivity contribution is 0.226. The van der Waals surface area contributed by atoms with Gasteiger partial charge >= 0.3 is 0 Å². The molecule has 0 saturated heterocycles. The molecule has 1 heterocycles. The van der Waals surface area contributed by atoms with Gasteiger partial charge in [0.2, 0.25) is 0 Å². The van der Waals surface area contributed by atoms with Gasteiger partial charge in [0.25, 0.3) is 0 Å². The molecule has 1 aliphatic carbocycles. The van der Waals surface area contributed by atoms with Crippen LogP contribution in [0.25, 0.3) is 0 Å². The van der Waals surface area contributed by atoms with Crippen LogP contribution in [0.15, 0.2) is 12.1 Å². The second-order valence-electron chi connectivity index (χ2n) is 5.10. The van der Waals surface area contributed by atoms with Gasteiger partial charge in [0.1, 0.15) is 0 Å². The van der Waals surface area contributed by atoms with Crippen LogP contribution >= 0.6 is 22.9 Å². The van der Waals surface area contributed by atoms with Crippen LogP contribution in [0.5, 0.6) is 0 Å². The SMILES string of the molecule is CCC1CCC(C(NC)c2ccc(Cl)s2)CC1. The first-order chi connectivity index (χ1) is 8.24. The lowest BCUT2D eigenvalue weighted by Gasteiger charge is -2.33. The summed E-state index contributed by atoms with van der Waals surface area (Å²) in [7, 11) is 2.07. The number of rotatable bonds is 4. The van der Waals surface area contributed by atoms with E-state index in [2.05, 4.69) is 25.4 Å². The molecule has 0 aromatic carbocycles. The van der Waals surface area contributed by atoms with E-state index in [9.17, 15) is 0 Å². The zero-order valence-electron chi connectivity index (χ0n) is 10.7. The zero-order valence-corrected chi connectivity index (χ0v) is 12.3. The number of halogens is 1. The maximum absolute atomic E-state index is 6.04. The van der Waals surface area contributed by atoms with Crippen LogP contribution in [0.1, 0.15) is 49.9 Å². The van der Waals surface area contributed by atoms with E-state index in [0.717, 1.165) is 16.2 Å². The first-order valence-electron chi connectivity index (χ1n) is 6.67. The molecule has 1 unspecified atom stereocenters. The Balaban J connectivity index is 2.00. The molecule has 0 radical (unpaired) electrons. The fourth-order valence-corrected chi connectivity index (χ4v) is 4.30. The van der Waals surface area contributed by atoms with Gasteiger partial charge in [-0.3, -0.25) is 0 Å². The molecule has 1 aromatic heterocycles. The molecule has 96 valence electrons. The maximum Gasteiger partial charge on any atom is 0.0931 e. The third-order valence-corrected chi connectivity index (χ3v) is 5.47. The third kappa shape index (κ3) is 3.24. The predicted molar refractivity (Wildman–Crippen MR) is 76.9 cm³/mol. The Kier molecular flexibility index (Phi) is 4.89. The van der Waals surface area contributed by atoms with Gasteiger partial charge in [-0.25, -0.2) is 0 Å². The quantitative estimate of drug-likeness (QED) is 0.823. The number of hydrogen-bond donors (Lipinski definition) is 1. The van der Waals surface area contributed by atoms with E-state index in [1.807, 2.05) is 6.07 Å². The fraction of sp³-hybridized carbons (Fsp3) is 0.714. The maximum atomic E-state index is 6.04. The summed E-state index contributed by atoms with van der Waals surface area (Å²) in [5.74, 6) is 1.76. The summed E-state index contributed by atoms with van der Waals surface area (Å²) in [6.07, 6.45) is 6.87. The molecule has 1 atom stereocenters. The topological polar surface area (TPSA) is 12.0 Å². The largest absolute Gasteiger partial charge is 0.312 e. The van der Waals surface area contributed by atoms with E-state index < -0.39 is 0 Å². The van der Waals surface area contributed by atoms with Crippen molar-refractivity contribution in [3.63, 3.8) is 0 Å². The van der Waals surface area contributed by atoms with Crippen molar-refractivity contribution in [1.82, 2.24) is 5.32 Å². The number of thiophene rings is 1. The van der Waals surface area contributed by atoms with E-state index >= 15 is 0 Å². The van der Waals surface area contributed by atoms with E-state index in [0.29, 0.717) is 6.04 Å². The molecule has 1 N–H and O–H groups in total. The van der Waals surface area contributed by atoms with Gasteiger partial charge in [-0.1, -0.05) is 37.8 Å². The highest BCUT2D eigenvalue weighted by Gasteiger charge is 2.27. The molecule has 1 saturated carbocycles. The van der Waals surface area contributed by atoms with Crippen molar-refractivity contribution in [2.24, 2.45) is 11.8 Å². The Morgan fingerprint density at radius 1 is 1.35 bits per heavy atom. The highest BCUT2D eigenvalue weighted by molar-refractivity contribution is 7.16. The van der Waals surface area contributed by atoms with Gasteiger partial charge in [0.15, 0.2) is 0 Å². The number of nitrogens with one attached hydrogen (secondary N) is 1. The zero-order chi connectivity index (χ0) is 12.3. The molecule has 1 aliphatic rings. The summed E-state index contributed by atoms with van der Waals surface area (Å²) in [6.45, 7) is 2.32. The third-order valence-electron chi connectivity index (χ3n) is 4.15. The van der Waals surface area contributed by atoms with Crippen LogP contribution in [0.2, 0.25) is 4.34 Å². The van der Waals surface area contributed by atoms with E-state index in [-0.39, 0.29) is 0 Å². The minimum Gasteiger partial charge on any atom is -0.312 e. The Morgan fingerprint density at radius 3 is 2.53 bits per heavy atom. The van der Waals surface area contributed by atoms with Gasteiger partial charge in [0, 0.05) is 10.9 Å². The Labute approximate surface area is 114 Å². The van der Waals surface area contributed by atoms with Crippen molar-refractivity contribution in [3.8, 4) is 0 Å². The predicted octanol–water partition coefficient (Wildman–Crippen LogP) is 4.88. The minimum absolute atomic E-state index is 0.505. The average molecular weight is 272 g/mol. The lowest BCUT2D eigenvalue weighted by Crippen LogP contribution is -2.28. The summed E-state index contributed by atoms with van der Waals surface area (Å²) in [5, 5.41) is 3.49. The van der Waals surface area contributed by atoms with Crippen molar-refractivity contribution in [2.45, 2.75) is 45.1 Å². The molecule has 1 fully saturated rings. The summed E-state index contributed by atoms with van der Waals surface area (Å²) in [6, 6.07) is 4.70. The van der Waals surface area contributed by atoms with Gasteiger partial charge in [0.05, 0.1) is 4.34 Å². The van der Waals surface area contributed by atoms with Crippen molar-refractivity contribution in [1.29, 1.82) is 0 Å². The van der Waals surface area contributed by atoms with E-state index in [1.54, 1.807) is 11.3 Å². The monoisotopic (exact) mass is 271 g/mol. The minimum atomic E-state index is 0.505. The molecule has 0 spiro atoms. The number of hydrogen-bond acceptors (Lipinski definition) is 2. The highest BCUT2D eigenvalue weighted by atomic mass is 35.5. The molecular weight excluding hydrogens is 250 g/mol. The average Bonchev–Trinajstić information content (AvgIpc) is 2.78. The molecule has 1 aromatic rings. The molecule has 3 heteroatoms. The molecular formula is C14H22ClNS. The van der Waals surface area contributed by atoms with Crippen LogP contribution in [0.3, 0.4) is 0 Å². The second kappa shape index (κ2) is 6.21. The normalized spacial score (nSPS) is 27.0. The van der Waals surface area contributed by atoms with Crippen molar-refractivity contribution < 1.29 is 0 Å². The molecule has 0 bridgehead atoms.